The molecule has 0 aliphatic carbocycles. The van der Waals surface area contributed by atoms with Crippen LogP contribution in [0.25, 0.3) is 0 Å². The fourth-order valence-electron chi connectivity index (χ4n) is 0.526. The first-order chi connectivity index (χ1) is 4.16. The minimum absolute atomic E-state index is 0.0285. The molecule has 0 rings (SSSR count). The van der Waals surface area contributed by atoms with Crippen LogP contribution >= 0.6 is 0 Å². The van der Waals surface area contributed by atoms with E-state index in [0.29, 0.717) is 6.04 Å². The highest BCUT2D eigenvalue weighted by molar-refractivity contribution is 6.39. The van der Waals surface area contributed by atoms with Crippen LogP contribution in [0.3, 0.4) is 0 Å². The molecular formula is C6H14O2Si. The fourth-order valence-corrected chi connectivity index (χ4v) is 1.05. The summed E-state index contributed by atoms with van der Waals surface area (Å²) in [5.41, 5.74) is 0. The predicted molar refractivity (Wildman–Crippen MR) is 40.4 cm³/mol. The lowest BCUT2D eigenvalue weighted by molar-refractivity contribution is -0.144. The van der Waals surface area contributed by atoms with Crippen molar-refractivity contribution in [2.75, 3.05) is 0 Å². The Morgan fingerprint density at radius 1 is 1.67 bits per heavy atom. The van der Waals surface area contributed by atoms with Crippen molar-refractivity contribution in [3.63, 3.8) is 0 Å². The van der Waals surface area contributed by atoms with Crippen molar-refractivity contribution in [1.29, 1.82) is 0 Å². The van der Waals surface area contributed by atoms with Gasteiger partial charge in [0, 0.05) is 15.6 Å². The van der Waals surface area contributed by atoms with Gasteiger partial charge < -0.3 is 4.74 Å². The second-order valence-corrected chi connectivity index (χ2v) is 3.79. The first-order valence-electron chi connectivity index (χ1n) is 3.36. The van der Waals surface area contributed by atoms with E-state index in [1.807, 2.05) is 13.8 Å². The Bertz CT molecular complexity index is 91.1. The maximum Gasteiger partial charge on any atom is 0.302 e. The largest absolute Gasteiger partial charge is 0.463 e. The molecule has 0 unspecified atom stereocenters. The highest BCUT2D eigenvalue weighted by Gasteiger charge is 2.01. The number of carbonyl (C=O) groups is 1. The van der Waals surface area contributed by atoms with Gasteiger partial charge in [0.05, 0.1) is 6.10 Å². The van der Waals surface area contributed by atoms with Crippen molar-refractivity contribution in [3.05, 3.63) is 0 Å². The van der Waals surface area contributed by atoms with E-state index in [1.54, 1.807) is 0 Å². The molecular weight excluding hydrogens is 132 g/mol. The van der Waals surface area contributed by atoms with Crippen LogP contribution in [0.5, 0.6) is 0 Å². The number of rotatable bonds is 3. The molecule has 0 N–H and O–H groups in total. The van der Waals surface area contributed by atoms with Gasteiger partial charge in [-0.2, -0.15) is 0 Å². The zero-order valence-corrected chi connectivity index (χ0v) is 7.72. The van der Waals surface area contributed by atoms with Gasteiger partial charge in [0.2, 0.25) is 0 Å². The smallest absolute Gasteiger partial charge is 0.302 e. The summed E-state index contributed by atoms with van der Waals surface area (Å²) in [6.07, 6.45) is 0.0537. The second kappa shape index (κ2) is 4.55. The Labute approximate surface area is 58.4 Å². The maximum atomic E-state index is 10.7. The quantitative estimate of drug-likeness (QED) is 0.430. The summed E-state index contributed by atoms with van der Waals surface area (Å²) in [6.45, 7) is 5.84. The molecule has 0 fully saturated rings. The first-order valence-corrected chi connectivity index (χ1v) is 5.77. The van der Waals surface area contributed by atoms with E-state index in [0.717, 1.165) is 0 Å². The minimum atomic E-state index is -0.151. The van der Waals surface area contributed by atoms with Gasteiger partial charge in [-0.15, -0.1) is 0 Å². The SMILES string of the molecule is C[SiH2]CC(=O)OC(C)C. The second-order valence-electron chi connectivity index (χ2n) is 2.29. The molecule has 0 aliphatic rings. The summed E-state index contributed by atoms with van der Waals surface area (Å²) in [5, 5.41) is 0. The molecule has 0 aromatic carbocycles. The molecule has 0 radical (unpaired) electrons. The molecule has 0 aromatic heterocycles. The molecule has 0 atom stereocenters. The molecule has 0 aromatic rings. The van der Waals surface area contributed by atoms with Gasteiger partial charge in [-0.05, 0) is 13.8 Å². The van der Waals surface area contributed by atoms with Crippen LogP contribution in [0.15, 0.2) is 0 Å². The molecule has 9 heavy (non-hydrogen) atoms. The van der Waals surface area contributed by atoms with E-state index in [4.69, 9.17) is 4.74 Å². The third-order valence-corrected chi connectivity index (χ3v) is 1.73. The molecule has 3 heteroatoms. The van der Waals surface area contributed by atoms with Crippen LogP contribution in [0.2, 0.25) is 12.6 Å². The standard InChI is InChI=1S/C6H14O2Si/c1-5(2)8-6(7)4-9-3/h5H,4,9H2,1-3H3. The highest BCUT2D eigenvalue weighted by Crippen LogP contribution is 1.91. The summed E-state index contributed by atoms with van der Waals surface area (Å²) in [5.74, 6) is -0.0285. The Balaban J connectivity index is 3.27. The van der Waals surface area contributed by atoms with Crippen molar-refractivity contribution in [2.24, 2.45) is 0 Å². The summed E-state index contributed by atoms with van der Waals surface area (Å²) < 4.78 is 4.89. The number of esters is 1. The lowest BCUT2D eigenvalue weighted by Gasteiger charge is -2.05. The highest BCUT2D eigenvalue weighted by atomic mass is 28.2. The maximum absolute atomic E-state index is 10.7. The predicted octanol–water partition coefficient (Wildman–Crippen LogP) is 0.573. The van der Waals surface area contributed by atoms with Gasteiger partial charge >= 0.3 is 5.97 Å². The Hall–Kier alpha value is -0.313. The Kier molecular flexibility index (Phi) is 4.40. The molecule has 54 valence electrons. The van der Waals surface area contributed by atoms with Crippen LogP contribution in [-0.4, -0.2) is 21.6 Å². The zero-order chi connectivity index (χ0) is 7.28. The third kappa shape index (κ3) is 5.56. The lowest BCUT2D eigenvalue weighted by Crippen LogP contribution is -2.11. The van der Waals surface area contributed by atoms with Crippen molar-refractivity contribution >= 4 is 15.5 Å². The molecule has 0 saturated heterocycles. The molecule has 0 amide bonds. The summed E-state index contributed by atoms with van der Waals surface area (Å²) in [4.78, 5) is 10.7. The molecule has 2 nitrogen and oxygen atoms in total. The van der Waals surface area contributed by atoms with Crippen molar-refractivity contribution < 1.29 is 9.53 Å². The number of ether oxygens (including phenoxy) is 1. The number of carbonyl (C=O) groups excluding carboxylic acids is 1. The van der Waals surface area contributed by atoms with Crippen LogP contribution in [0.1, 0.15) is 13.8 Å². The average Bonchev–Trinajstić information content (AvgIpc) is 1.63. The lowest BCUT2D eigenvalue weighted by atomic mass is 10.5. The molecule has 0 saturated carbocycles. The van der Waals surface area contributed by atoms with Gasteiger partial charge in [-0.25, -0.2) is 0 Å². The third-order valence-electron chi connectivity index (χ3n) is 0.821. The normalized spacial score (nSPS) is 11.1. The van der Waals surface area contributed by atoms with Gasteiger partial charge in [0.1, 0.15) is 0 Å². The first kappa shape index (κ1) is 8.69. The van der Waals surface area contributed by atoms with E-state index in [-0.39, 0.29) is 21.6 Å². The monoisotopic (exact) mass is 146 g/mol. The average molecular weight is 146 g/mol. The molecule has 0 bridgehead atoms. The molecule has 0 spiro atoms. The van der Waals surface area contributed by atoms with Crippen molar-refractivity contribution in [1.82, 2.24) is 0 Å². The Morgan fingerprint density at radius 2 is 2.22 bits per heavy atom. The summed E-state index contributed by atoms with van der Waals surface area (Å²) in [7, 11) is -0.151. The van der Waals surface area contributed by atoms with Gasteiger partial charge in [0.25, 0.3) is 0 Å². The van der Waals surface area contributed by atoms with Crippen LogP contribution < -0.4 is 0 Å². The van der Waals surface area contributed by atoms with E-state index >= 15 is 0 Å². The number of hydrogen-bond acceptors (Lipinski definition) is 2. The zero-order valence-electron chi connectivity index (χ0n) is 6.31. The van der Waals surface area contributed by atoms with Crippen LogP contribution in [-0.2, 0) is 9.53 Å². The van der Waals surface area contributed by atoms with E-state index in [1.165, 1.54) is 0 Å². The minimum Gasteiger partial charge on any atom is -0.463 e. The van der Waals surface area contributed by atoms with E-state index in [9.17, 15) is 4.79 Å². The van der Waals surface area contributed by atoms with Gasteiger partial charge in [-0.1, -0.05) is 6.55 Å². The topological polar surface area (TPSA) is 26.3 Å². The van der Waals surface area contributed by atoms with Gasteiger partial charge in [-0.3, -0.25) is 4.79 Å². The molecule has 0 aliphatic heterocycles. The van der Waals surface area contributed by atoms with Crippen molar-refractivity contribution in [2.45, 2.75) is 32.5 Å². The van der Waals surface area contributed by atoms with Crippen LogP contribution in [0.4, 0.5) is 0 Å². The van der Waals surface area contributed by atoms with Crippen LogP contribution in [0, 0.1) is 0 Å². The number of hydrogen-bond donors (Lipinski definition) is 0. The Morgan fingerprint density at radius 3 is 2.56 bits per heavy atom. The summed E-state index contributed by atoms with van der Waals surface area (Å²) in [6, 6.07) is 0.679. The van der Waals surface area contributed by atoms with E-state index < -0.39 is 0 Å². The molecule has 0 heterocycles. The summed E-state index contributed by atoms with van der Waals surface area (Å²) >= 11 is 0. The fraction of sp³-hybridized carbons (Fsp3) is 0.833. The van der Waals surface area contributed by atoms with Gasteiger partial charge in [0.15, 0.2) is 0 Å². The van der Waals surface area contributed by atoms with E-state index in [2.05, 4.69) is 6.55 Å². The van der Waals surface area contributed by atoms with Crippen molar-refractivity contribution in [3.8, 4) is 0 Å².